The number of carbonyl (C=O) groups is 4. The van der Waals surface area contributed by atoms with Crippen molar-refractivity contribution in [3.63, 3.8) is 0 Å². The molecular formula is C22H26N4O7S. The van der Waals surface area contributed by atoms with Crippen molar-refractivity contribution in [3.8, 4) is 0 Å². The third kappa shape index (κ3) is 7.96. The molecule has 34 heavy (non-hydrogen) atoms. The summed E-state index contributed by atoms with van der Waals surface area (Å²) in [4.78, 5) is 50.3. The van der Waals surface area contributed by atoms with Crippen LogP contribution in [0.25, 0.3) is 0 Å². The molecule has 0 fully saturated rings. The van der Waals surface area contributed by atoms with Crippen LogP contribution in [0, 0.1) is 0 Å². The fraction of sp³-hybridized carbons (Fsp3) is 0.318. The van der Waals surface area contributed by atoms with Crippen LogP contribution in [0.15, 0.2) is 47.5 Å². The van der Waals surface area contributed by atoms with Gasteiger partial charge in [0.1, 0.15) is 12.2 Å². The second-order valence-corrected chi connectivity index (χ2v) is 8.97. The molecule has 182 valence electrons. The minimum Gasteiger partial charge on any atom is -0.480 e. The Balaban J connectivity index is 1.97. The zero-order chi connectivity index (χ0) is 25.1. The Labute approximate surface area is 197 Å². The van der Waals surface area contributed by atoms with Crippen LogP contribution in [0.5, 0.6) is 0 Å². The Kier molecular flexibility index (Phi) is 9.68. The van der Waals surface area contributed by atoms with Crippen LogP contribution in [-0.2, 0) is 14.8 Å². The van der Waals surface area contributed by atoms with Crippen molar-refractivity contribution in [2.45, 2.75) is 37.5 Å². The lowest BCUT2D eigenvalue weighted by molar-refractivity contribution is -0.135. The molecule has 3 amide bonds. The van der Waals surface area contributed by atoms with Gasteiger partial charge < -0.3 is 15.7 Å². The van der Waals surface area contributed by atoms with Gasteiger partial charge in [0, 0.05) is 18.3 Å². The molecule has 0 saturated carbocycles. The molecule has 0 bridgehead atoms. The van der Waals surface area contributed by atoms with Crippen molar-refractivity contribution in [1.29, 1.82) is 0 Å². The predicted molar refractivity (Wildman–Crippen MR) is 122 cm³/mol. The van der Waals surface area contributed by atoms with Crippen LogP contribution in [0.2, 0.25) is 0 Å². The first-order chi connectivity index (χ1) is 16.1. The molecule has 0 atom stereocenters. The molecule has 0 aliphatic heterocycles. The van der Waals surface area contributed by atoms with Crippen molar-refractivity contribution < 1.29 is 32.7 Å². The Morgan fingerprint density at radius 1 is 0.853 bits per heavy atom. The zero-order valence-electron chi connectivity index (χ0n) is 18.5. The molecule has 4 N–H and O–H groups in total. The molecular weight excluding hydrogens is 464 g/mol. The number of rotatable bonds is 12. The Bertz CT molecular complexity index is 1130. The lowest BCUT2D eigenvalue weighted by Crippen LogP contribution is -2.31. The number of nitrogens with zero attached hydrogens (tertiary/aromatic N) is 1. The fourth-order valence-electron chi connectivity index (χ4n) is 2.79. The molecule has 1 heterocycles. The molecule has 2 aromatic rings. The van der Waals surface area contributed by atoms with E-state index in [1.807, 2.05) is 4.72 Å². The number of carbonyl (C=O) groups excluding carboxylic acids is 3. The van der Waals surface area contributed by atoms with Crippen molar-refractivity contribution in [2.75, 3.05) is 13.1 Å². The lowest BCUT2D eigenvalue weighted by Gasteiger charge is -2.09. The molecule has 12 heteroatoms. The van der Waals surface area contributed by atoms with Gasteiger partial charge in [0.05, 0.1) is 10.5 Å². The van der Waals surface area contributed by atoms with Gasteiger partial charge in [0.15, 0.2) is 0 Å². The highest BCUT2D eigenvalue weighted by Crippen LogP contribution is 2.12. The SMILES string of the molecule is CCCCCCNC(=O)c1ccc(S(=O)(=O)NC(=O)c2ccc(C(=O)NCC(=O)O)nc2)cc1. The molecule has 0 unspecified atom stereocenters. The topological polar surface area (TPSA) is 172 Å². The number of unbranched alkanes of at least 4 members (excludes halogenated alkanes) is 3. The standard InChI is InChI=1S/C22H26N4O7S/c1-2-3-4-5-12-23-20(29)15-6-9-17(10-7-15)34(32,33)26-21(30)16-8-11-18(24-13-16)22(31)25-14-19(27)28/h6-11,13H,2-5,12,14H2,1H3,(H,23,29)(H,25,31)(H,26,30)(H,27,28). The van der Waals surface area contributed by atoms with Gasteiger partial charge in [-0.1, -0.05) is 26.2 Å². The predicted octanol–water partition coefficient (Wildman–Crippen LogP) is 1.32. The number of benzene rings is 1. The van der Waals surface area contributed by atoms with Gasteiger partial charge in [-0.15, -0.1) is 0 Å². The highest BCUT2D eigenvalue weighted by molar-refractivity contribution is 7.90. The number of aromatic nitrogens is 1. The molecule has 0 saturated heterocycles. The Hall–Kier alpha value is -3.80. The first kappa shape index (κ1) is 26.5. The first-order valence-corrected chi connectivity index (χ1v) is 12.0. The minimum absolute atomic E-state index is 0.127. The molecule has 0 aliphatic carbocycles. The smallest absolute Gasteiger partial charge is 0.322 e. The van der Waals surface area contributed by atoms with E-state index in [1.165, 1.54) is 30.3 Å². The van der Waals surface area contributed by atoms with Crippen molar-refractivity contribution in [1.82, 2.24) is 20.3 Å². The number of amides is 3. The second kappa shape index (κ2) is 12.4. The Morgan fingerprint density at radius 2 is 1.53 bits per heavy atom. The number of carboxylic acid groups (broad SMARTS) is 1. The summed E-state index contributed by atoms with van der Waals surface area (Å²) in [5, 5.41) is 13.5. The van der Waals surface area contributed by atoms with Crippen LogP contribution in [0.3, 0.4) is 0 Å². The Morgan fingerprint density at radius 3 is 2.12 bits per heavy atom. The minimum atomic E-state index is -4.23. The van der Waals surface area contributed by atoms with Crippen LogP contribution in [-0.4, -0.2) is 55.3 Å². The summed E-state index contributed by atoms with van der Waals surface area (Å²) < 4.78 is 26.9. The lowest BCUT2D eigenvalue weighted by atomic mass is 10.2. The number of hydrogen-bond donors (Lipinski definition) is 4. The molecule has 11 nitrogen and oxygen atoms in total. The van der Waals surface area contributed by atoms with E-state index < -0.39 is 34.4 Å². The van der Waals surface area contributed by atoms with Crippen molar-refractivity contribution >= 4 is 33.7 Å². The molecule has 1 aromatic heterocycles. The maximum atomic E-state index is 12.5. The van der Waals surface area contributed by atoms with Crippen molar-refractivity contribution in [2.24, 2.45) is 0 Å². The quantitative estimate of drug-likeness (QED) is 0.323. The number of aliphatic carboxylic acids is 1. The van der Waals surface area contributed by atoms with E-state index in [-0.39, 0.29) is 22.1 Å². The highest BCUT2D eigenvalue weighted by Gasteiger charge is 2.20. The summed E-state index contributed by atoms with van der Waals surface area (Å²) in [5.74, 6) is -3.28. The molecule has 1 aromatic carbocycles. The summed E-state index contributed by atoms with van der Waals surface area (Å²) in [5.41, 5.74) is 0.0269. The van der Waals surface area contributed by atoms with E-state index in [2.05, 4.69) is 22.5 Å². The summed E-state index contributed by atoms with van der Waals surface area (Å²) in [6, 6.07) is 7.49. The third-order valence-electron chi connectivity index (χ3n) is 4.63. The van der Waals surface area contributed by atoms with E-state index in [1.54, 1.807) is 0 Å². The first-order valence-electron chi connectivity index (χ1n) is 10.6. The van der Waals surface area contributed by atoms with Gasteiger partial charge in [-0.3, -0.25) is 24.2 Å². The fourth-order valence-corrected chi connectivity index (χ4v) is 3.76. The second-order valence-electron chi connectivity index (χ2n) is 7.28. The number of nitrogens with one attached hydrogen (secondary N) is 3. The summed E-state index contributed by atoms with van der Waals surface area (Å²) in [6.45, 7) is 2.03. The number of sulfonamides is 1. The molecule has 0 radical (unpaired) electrons. The van der Waals surface area contributed by atoms with E-state index in [0.717, 1.165) is 37.9 Å². The number of carboxylic acids is 1. The number of hydrogen-bond acceptors (Lipinski definition) is 7. The van der Waals surface area contributed by atoms with Crippen LogP contribution in [0.1, 0.15) is 63.8 Å². The van der Waals surface area contributed by atoms with Gasteiger partial charge in [-0.2, -0.15) is 0 Å². The molecule has 2 rings (SSSR count). The highest BCUT2D eigenvalue weighted by atomic mass is 32.2. The van der Waals surface area contributed by atoms with Gasteiger partial charge in [0.2, 0.25) is 0 Å². The van der Waals surface area contributed by atoms with Crippen LogP contribution >= 0.6 is 0 Å². The maximum absolute atomic E-state index is 12.5. The molecule has 0 spiro atoms. The molecule has 0 aliphatic rings. The summed E-state index contributed by atoms with van der Waals surface area (Å²) in [6.07, 6.45) is 5.06. The van der Waals surface area contributed by atoms with E-state index in [0.29, 0.717) is 12.1 Å². The number of pyridine rings is 1. The van der Waals surface area contributed by atoms with E-state index in [9.17, 15) is 27.6 Å². The van der Waals surface area contributed by atoms with Gasteiger partial charge in [-0.05, 0) is 42.8 Å². The summed E-state index contributed by atoms with van der Waals surface area (Å²) in [7, 11) is -4.23. The average Bonchev–Trinajstić information content (AvgIpc) is 2.82. The van der Waals surface area contributed by atoms with Gasteiger partial charge in [0.25, 0.3) is 27.7 Å². The normalized spacial score (nSPS) is 10.9. The summed E-state index contributed by atoms with van der Waals surface area (Å²) >= 11 is 0. The van der Waals surface area contributed by atoms with Gasteiger partial charge in [-0.25, -0.2) is 13.1 Å². The van der Waals surface area contributed by atoms with Crippen molar-refractivity contribution in [3.05, 3.63) is 59.4 Å². The zero-order valence-corrected chi connectivity index (χ0v) is 19.4. The van der Waals surface area contributed by atoms with Crippen LogP contribution < -0.4 is 15.4 Å². The maximum Gasteiger partial charge on any atom is 0.322 e. The average molecular weight is 491 g/mol. The largest absolute Gasteiger partial charge is 0.480 e. The third-order valence-corrected chi connectivity index (χ3v) is 5.98. The van der Waals surface area contributed by atoms with Crippen LogP contribution in [0.4, 0.5) is 0 Å². The van der Waals surface area contributed by atoms with Gasteiger partial charge >= 0.3 is 5.97 Å². The van der Waals surface area contributed by atoms with E-state index >= 15 is 0 Å². The monoisotopic (exact) mass is 490 g/mol. The van der Waals surface area contributed by atoms with E-state index in [4.69, 9.17) is 5.11 Å².